The Labute approximate surface area is 368 Å². The molecule has 0 aliphatic heterocycles. The van der Waals surface area contributed by atoms with Crippen molar-refractivity contribution in [1.82, 2.24) is 23.7 Å². The van der Waals surface area contributed by atoms with Crippen molar-refractivity contribution < 1.29 is 36.0 Å². The van der Waals surface area contributed by atoms with Gasteiger partial charge in [-0.15, -0.1) is 0 Å². The van der Waals surface area contributed by atoms with Crippen LogP contribution in [-0.2, 0) is 53.8 Å². The highest BCUT2D eigenvalue weighted by Crippen LogP contribution is 2.22. The number of benzene rings is 3. The summed E-state index contributed by atoms with van der Waals surface area (Å²) in [6.07, 6.45) is 2.67. The van der Waals surface area contributed by atoms with E-state index >= 15 is 0 Å². The van der Waals surface area contributed by atoms with Crippen molar-refractivity contribution >= 4 is 103 Å². The largest absolute Gasteiger partial charge is 0.445 e. The topological polar surface area (TPSA) is 254 Å². The number of amides is 3. The van der Waals surface area contributed by atoms with Crippen LogP contribution in [0.4, 0.5) is 4.79 Å². The molecule has 0 bridgehead atoms. The lowest BCUT2D eigenvalue weighted by molar-refractivity contribution is -0.120. The van der Waals surface area contributed by atoms with Crippen molar-refractivity contribution in [2.75, 3.05) is 11.5 Å². The van der Waals surface area contributed by atoms with Gasteiger partial charge in [-0.1, -0.05) is 81.7 Å². The van der Waals surface area contributed by atoms with Crippen LogP contribution < -0.4 is 22.5 Å². The number of aromatic nitrogens is 4. The van der Waals surface area contributed by atoms with Crippen LogP contribution in [0.25, 0.3) is 21.8 Å². The Hall–Kier alpha value is -4.20. The van der Waals surface area contributed by atoms with Gasteiger partial charge in [0.25, 0.3) is 20.0 Å². The third-order valence-electron chi connectivity index (χ3n) is 9.06. The van der Waals surface area contributed by atoms with Gasteiger partial charge in [0.05, 0.1) is 41.0 Å². The van der Waals surface area contributed by atoms with Gasteiger partial charge in [-0.25, -0.2) is 21.6 Å². The molecule has 2 heterocycles. The first-order valence-corrected chi connectivity index (χ1v) is 29.3. The van der Waals surface area contributed by atoms with Crippen LogP contribution in [0, 0.1) is 0 Å². The minimum atomic E-state index is -3.58. The number of hydrogen-bond donors (Lipinski definition) is 4. The summed E-state index contributed by atoms with van der Waals surface area (Å²) in [6, 6.07) is 19.0. The van der Waals surface area contributed by atoms with E-state index in [1.54, 1.807) is 36.4 Å². The Morgan fingerprint density at radius 2 is 1.13 bits per heavy atom. The van der Waals surface area contributed by atoms with Crippen molar-refractivity contribution in [1.29, 1.82) is 0 Å². The molecule has 0 unspecified atom stereocenters. The number of carbonyl (C=O) groups is 3. The summed E-state index contributed by atoms with van der Waals surface area (Å²) in [5.41, 5.74) is 19.6. The average molecular weight is 939 g/mol. The average Bonchev–Trinajstić information content (AvgIpc) is 3.77. The van der Waals surface area contributed by atoms with Crippen molar-refractivity contribution in [3.63, 3.8) is 0 Å². The lowest BCUT2D eigenvalue weighted by Crippen LogP contribution is -2.46. The van der Waals surface area contributed by atoms with Crippen LogP contribution in [0.3, 0.4) is 0 Å². The summed E-state index contributed by atoms with van der Waals surface area (Å²) in [5, 5.41) is 11.9. The molecular formula is C38H58N8O8S4Si2. The van der Waals surface area contributed by atoms with Gasteiger partial charge >= 0.3 is 6.09 Å². The molecule has 5 rings (SSSR count). The molecule has 0 fully saturated rings. The maximum absolute atomic E-state index is 12.8. The zero-order valence-corrected chi connectivity index (χ0v) is 40.3. The summed E-state index contributed by atoms with van der Waals surface area (Å²) in [5.74, 6) is -1.14. The van der Waals surface area contributed by atoms with E-state index in [-0.39, 0.29) is 51.5 Å². The van der Waals surface area contributed by atoms with E-state index in [1.165, 1.54) is 12.4 Å². The first-order valence-electron chi connectivity index (χ1n) is 18.7. The normalized spacial score (nSPS) is 12.9. The van der Waals surface area contributed by atoms with Gasteiger partial charge in [0.15, 0.2) is 0 Å². The number of fused-ring (bicyclic) bond motifs is 2. The van der Waals surface area contributed by atoms with Gasteiger partial charge in [0.1, 0.15) is 12.6 Å². The standard InChI is InChI=1S/C23H30N4O5SSi.C15H24N4O3SSi.2H2S/c1-34(2,3)12-11-33(30,31)27-21-10-9-18(13-19(21)15-25-27)14-20(22(24)28)26-23(29)32-16-17-7-5-4-6-8-17;1-24(2,3)7-6-23(21,22)19-14-5-4-11(8-12(14)10-18-19)9-13(16)15(17)20;;/h4-10,13,15,20H,11-12,14,16H2,1-3H3,(H2,24,28)(H,26,29);4-5,8,10,13H,6-7,9,16H2,1-3H3,(H2,17,20);2*1H2/t20-;13-;;/m00../s1. The minimum absolute atomic E-state index is 0. The molecule has 3 aromatic carbocycles. The molecular weight excluding hydrogens is 881 g/mol. The molecule has 5 aromatic rings. The molecule has 60 heavy (non-hydrogen) atoms. The SMILES string of the molecule is C[Si](C)(C)CCS(=O)(=O)n1ncc2cc(C[C@H](N)C(N)=O)ccc21.C[Si](C)(C)CCS(=O)(=O)n1ncc2cc(C[C@H](NC(=O)OCc3ccccc3)C(N)=O)ccc21.S.S. The Balaban J connectivity index is 0.000000423. The zero-order valence-electron chi connectivity index (χ0n) is 34.7. The van der Waals surface area contributed by atoms with E-state index in [2.05, 4.69) is 54.8 Å². The molecule has 16 nitrogen and oxygen atoms in total. The maximum atomic E-state index is 12.8. The number of nitrogens with two attached hydrogens (primary N) is 3. The number of hydrogen-bond acceptors (Lipinski definition) is 11. The van der Waals surface area contributed by atoms with Crippen molar-refractivity contribution in [3.8, 4) is 0 Å². The van der Waals surface area contributed by atoms with Gasteiger partial charge in [0.2, 0.25) is 11.8 Å². The summed E-state index contributed by atoms with van der Waals surface area (Å²) in [7, 11) is -10.1. The predicted molar refractivity (Wildman–Crippen MR) is 252 cm³/mol. The van der Waals surface area contributed by atoms with Crippen LogP contribution in [0.15, 0.2) is 79.1 Å². The van der Waals surface area contributed by atoms with E-state index in [1.807, 2.05) is 30.3 Å². The third kappa shape index (κ3) is 15.4. The fourth-order valence-corrected chi connectivity index (χ4v) is 14.2. The Bertz CT molecular complexity index is 2470. The maximum Gasteiger partial charge on any atom is 0.408 e. The molecule has 0 saturated carbocycles. The Kier molecular flexibility index (Phi) is 18.7. The summed E-state index contributed by atoms with van der Waals surface area (Å²) < 4.78 is 58.0. The first kappa shape index (κ1) is 51.9. The number of primary amides is 2. The Morgan fingerprint density at radius 1 is 0.683 bits per heavy atom. The van der Waals surface area contributed by atoms with E-state index in [0.29, 0.717) is 45.9 Å². The smallest absolute Gasteiger partial charge is 0.408 e. The van der Waals surface area contributed by atoms with Crippen molar-refractivity contribution in [3.05, 3.63) is 95.8 Å². The quantitative estimate of drug-likeness (QED) is 0.0970. The van der Waals surface area contributed by atoms with Crippen molar-refractivity contribution in [2.24, 2.45) is 17.2 Å². The second-order valence-electron chi connectivity index (χ2n) is 16.6. The summed E-state index contributed by atoms with van der Waals surface area (Å²) >= 11 is 0. The summed E-state index contributed by atoms with van der Waals surface area (Å²) in [4.78, 5) is 35.1. The number of nitrogens with zero attached hydrogens (tertiary/aromatic N) is 4. The Morgan fingerprint density at radius 3 is 1.55 bits per heavy atom. The molecule has 2 aromatic heterocycles. The van der Waals surface area contributed by atoms with Gasteiger partial charge in [-0.2, -0.15) is 45.4 Å². The molecule has 0 saturated heterocycles. The fourth-order valence-electron chi connectivity index (χ4n) is 5.58. The predicted octanol–water partition coefficient (Wildman–Crippen LogP) is 4.01. The van der Waals surface area contributed by atoms with E-state index in [0.717, 1.165) is 19.3 Å². The third-order valence-corrected chi connectivity index (χ3v) is 16.4. The summed E-state index contributed by atoms with van der Waals surface area (Å²) in [6.45, 7) is 12.8. The first-order chi connectivity index (χ1) is 26.9. The van der Waals surface area contributed by atoms with Crippen LogP contribution in [0.2, 0.25) is 51.4 Å². The van der Waals surface area contributed by atoms with Crippen LogP contribution in [0.5, 0.6) is 0 Å². The number of nitrogens with one attached hydrogen (secondary N) is 1. The molecule has 2 atom stereocenters. The van der Waals surface area contributed by atoms with Crippen LogP contribution >= 0.6 is 27.0 Å². The molecule has 330 valence electrons. The highest BCUT2D eigenvalue weighted by Gasteiger charge is 2.25. The van der Waals surface area contributed by atoms with E-state index in [9.17, 15) is 31.2 Å². The van der Waals surface area contributed by atoms with Gasteiger partial charge < -0.3 is 27.3 Å². The number of carbonyl (C=O) groups excluding carboxylic acids is 3. The van der Waals surface area contributed by atoms with Crippen LogP contribution in [-0.4, -0.2) is 92.9 Å². The van der Waals surface area contributed by atoms with Gasteiger partial charge in [-0.05, 0) is 59.5 Å². The molecule has 22 heteroatoms. The lowest BCUT2D eigenvalue weighted by Gasteiger charge is -2.16. The van der Waals surface area contributed by atoms with E-state index in [4.69, 9.17) is 21.9 Å². The minimum Gasteiger partial charge on any atom is -0.445 e. The second-order valence-corrected chi connectivity index (χ2v) is 31.7. The number of alkyl carbamates (subject to hydrolysis) is 1. The monoisotopic (exact) mass is 938 g/mol. The molecule has 0 aliphatic rings. The molecule has 3 amide bonds. The van der Waals surface area contributed by atoms with Gasteiger partial charge in [0, 0.05) is 33.3 Å². The molecule has 0 spiro atoms. The molecule has 0 radical (unpaired) electrons. The number of ether oxygens (including phenoxy) is 1. The lowest BCUT2D eigenvalue weighted by atomic mass is 10.0. The molecule has 7 N–H and O–H groups in total. The van der Waals surface area contributed by atoms with Gasteiger partial charge in [-0.3, -0.25) is 9.59 Å². The highest BCUT2D eigenvalue weighted by molar-refractivity contribution is 7.90. The second kappa shape index (κ2) is 21.5. The highest BCUT2D eigenvalue weighted by atomic mass is 32.2. The fraction of sp³-hybridized carbons (Fsp3) is 0.395. The van der Waals surface area contributed by atoms with E-state index < -0.39 is 66.2 Å². The van der Waals surface area contributed by atoms with Crippen molar-refractivity contribution in [2.45, 2.75) is 82.9 Å². The molecule has 0 aliphatic carbocycles. The zero-order chi connectivity index (χ0) is 43.1. The number of rotatable bonds is 17. The van der Waals surface area contributed by atoms with Crippen LogP contribution in [0.1, 0.15) is 16.7 Å².